The van der Waals surface area contributed by atoms with E-state index in [1.54, 1.807) is 6.07 Å². The molecule has 4 rings (SSSR count). The van der Waals surface area contributed by atoms with Crippen molar-refractivity contribution in [2.45, 2.75) is 26.4 Å². The molecule has 0 spiro atoms. The summed E-state index contributed by atoms with van der Waals surface area (Å²) in [5, 5.41) is 0.956. The Labute approximate surface area is 168 Å². The van der Waals surface area contributed by atoms with Crippen molar-refractivity contribution in [2.24, 2.45) is 5.41 Å². The maximum Gasteiger partial charge on any atom is 0.257 e. The van der Waals surface area contributed by atoms with E-state index in [0.29, 0.717) is 36.5 Å². The van der Waals surface area contributed by atoms with E-state index in [0.717, 1.165) is 29.7 Å². The monoisotopic (exact) mass is 398 g/mol. The molecule has 0 unspecified atom stereocenters. The first kappa shape index (κ1) is 19.5. The lowest BCUT2D eigenvalue weighted by Gasteiger charge is -2.29. The van der Waals surface area contributed by atoms with Crippen LogP contribution in [0.15, 0.2) is 41.3 Å². The minimum absolute atomic E-state index is 0.0861. The van der Waals surface area contributed by atoms with E-state index in [9.17, 15) is 9.18 Å². The van der Waals surface area contributed by atoms with Gasteiger partial charge in [0.2, 0.25) is 0 Å². The molecule has 1 fully saturated rings. The molecular weight excluding hydrogens is 371 g/mol. The minimum Gasteiger partial charge on any atom is -0.493 e. The van der Waals surface area contributed by atoms with Gasteiger partial charge in [-0.15, -0.1) is 0 Å². The molecule has 29 heavy (non-hydrogen) atoms. The van der Waals surface area contributed by atoms with Crippen molar-refractivity contribution in [1.29, 1.82) is 0 Å². The van der Waals surface area contributed by atoms with E-state index >= 15 is 0 Å². The first-order valence-electron chi connectivity index (χ1n) is 9.90. The summed E-state index contributed by atoms with van der Waals surface area (Å²) in [6.07, 6.45) is 1.40. The lowest BCUT2D eigenvalue weighted by Crippen LogP contribution is -2.36. The molecule has 4 N–H and O–H groups in total. The van der Waals surface area contributed by atoms with Crippen LogP contribution in [0, 0.1) is 5.41 Å². The number of anilines is 1. The summed E-state index contributed by atoms with van der Waals surface area (Å²) in [6.45, 7) is 6.95. The van der Waals surface area contributed by atoms with Crippen molar-refractivity contribution in [1.82, 2.24) is 14.9 Å². The number of aromatic amines is 2. The van der Waals surface area contributed by atoms with Crippen molar-refractivity contribution in [3.63, 3.8) is 0 Å². The lowest BCUT2D eigenvalue weighted by molar-refractivity contribution is 0.125. The summed E-state index contributed by atoms with van der Waals surface area (Å²) in [6, 6.07) is 9.39. The number of nitrogens with two attached hydrogens (primary N) is 1. The molecule has 0 saturated carbocycles. The van der Waals surface area contributed by atoms with Gasteiger partial charge in [0, 0.05) is 47.8 Å². The number of fused-ring (bicyclic) bond motifs is 1. The van der Waals surface area contributed by atoms with Crippen LogP contribution in [0.4, 0.5) is 10.1 Å². The number of nitrogens with zero attached hydrogens (tertiary/aromatic N) is 1. The van der Waals surface area contributed by atoms with E-state index in [4.69, 9.17) is 10.5 Å². The molecule has 3 heterocycles. The highest BCUT2D eigenvalue weighted by Crippen LogP contribution is 2.28. The smallest absolute Gasteiger partial charge is 0.257 e. The molecule has 1 aliphatic heterocycles. The van der Waals surface area contributed by atoms with Gasteiger partial charge < -0.3 is 20.4 Å². The van der Waals surface area contributed by atoms with Gasteiger partial charge in [0.15, 0.2) is 0 Å². The van der Waals surface area contributed by atoms with Gasteiger partial charge >= 0.3 is 0 Å². The quantitative estimate of drug-likeness (QED) is 0.593. The van der Waals surface area contributed by atoms with Gasteiger partial charge in [-0.05, 0) is 36.8 Å². The molecule has 0 aliphatic carbocycles. The molecule has 1 aliphatic rings. The van der Waals surface area contributed by atoms with Crippen LogP contribution >= 0.6 is 0 Å². The fraction of sp³-hybridized carbons (Fsp3) is 0.409. The second-order valence-corrected chi connectivity index (χ2v) is 8.68. The highest BCUT2D eigenvalue weighted by atomic mass is 19.1. The van der Waals surface area contributed by atoms with Crippen LogP contribution in [0.25, 0.3) is 22.2 Å². The van der Waals surface area contributed by atoms with E-state index in [1.807, 2.05) is 24.3 Å². The first-order chi connectivity index (χ1) is 13.8. The van der Waals surface area contributed by atoms with Crippen LogP contribution in [-0.4, -0.2) is 47.3 Å². The number of ether oxygens (including phenoxy) is 1. The van der Waals surface area contributed by atoms with Crippen LogP contribution in [-0.2, 0) is 0 Å². The molecule has 6 nitrogen and oxygen atoms in total. The maximum atomic E-state index is 13.4. The van der Waals surface area contributed by atoms with Crippen molar-refractivity contribution < 1.29 is 9.13 Å². The van der Waals surface area contributed by atoms with Crippen molar-refractivity contribution in [3.05, 3.63) is 46.9 Å². The SMILES string of the molecule is CC(C)(COc1ccc2[nH]c(-c3cc(N)c[nH]c3=O)cc2c1)CN1CC[C@@H](F)C1. The number of hydrogen-bond donors (Lipinski definition) is 3. The predicted octanol–water partition coefficient (Wildman–Crippen LogP) is 3.55. The molecule has 1 aromatic carbocycles. The van der Waals surface area contributed by atoms with E-state index in [2.05, 4.69) is 28.7 Å². The van der Waals surface area contributed by atoms with Crippen molar-refractivity contribution >= 4 is 16.6 Å². The average molecular weight is 398 g/mol. The number of likely N-dealkylation sites (tertiary alicyclic amines) is 1. The molecule has 154 valence electrons. The van der Waals surface area contributed by atoms with Crippen LogP contribution in [0.1, 0.15) is 20.3 Å². The van der Waals surface area contributed by atoms with Gasteiger partial charge in [0.25, 0.3) is 5.56 Å². The summed E-state index contributed by atoms with van der Waals surface area (Å²) >= 11 is 0. The minimum atomic E-state index is -0.705. The van der Waals surface area contributed by atoms with Gasteiger partial charge in [0.05, 0.1) is 17.9 Å². The van der Waals surface area contributed by atoms with E-state index in [-0.39, 0.29) is 11.0 Å². The normalized spacial score (nSPS) is 17.8. The van der Waals surface area contributed by atoms with Gasteiger partial charge in [-0.25, -0.2) is 4.39 Å². The molecule has 1 atom stereocenters. The number of nitrogens with one attached hydrogen (secondary N) is 2. The van der Waals surface area contributed by atoms with Crippen LogP contribution < -0.4 is 16.0 Å². The Kier molecular flexibility index (Phi) is 5.08. The Balaban J connectivity index is 1.47. The number of nitrogen functional groups attached to an aromatic ring is 1. The summed E-state index contributed by atoms with van der Waals surface area (Å²) in [5.41, 5.74) is 8.15. The highest BCUT2D eigenvalue weighted by molar-refractivity contribution is 5.87. The molecule has 3 aromatic rings. The van der Waals surface area contributed by atoms with E-state index < -0.39 is 6.17 Å². The summed E-state index contributed by atoms with van der Waals surface area (Å²) < 4.78 is 19.5. The number of halogens is 1. The van der Waals surface area contributed by atoms with Crippen molar-refractivity contribution in [2.75, 3.05) is 32.0 Å². The van der Waals surface area contributed by atoms with E-state index in [1.165, 1.54) is 6.20 Å². The number of rotatable bonds is 6. The zero-order valence-electron chi connectivity index (χ0n) is 16.8. The van der Waals surface area contributed by atoms with Crippen LogP contribution in [0.3, 0.4) is 0 Å². The molecule has 0 radical (unpaired) electrons. The van der Waals surface area contributed by atoms with Crippen LogP contribution in [0.2, 0.25) is 0 Å². The Hall–Kier alpha value is -2.80. The van der Waals surface area contributed by atoms with Gasteiger partial charge in [-0.3, -0.25) is 9.69 Å². The highest BCUT2D eigenvalue weighted by Gasteiger charge is 2.28. The fourth-order valence-electron chi connectivity index (χ4n) is 3.90. The summed E-state index contributed by atoms with van der Waals surface area (Å²) in [4.78, 5) is 20.2. The van der Waals surface area contributed by atoms with Crippen molar-refractivity contribution in [3.8, 4) is 17.0 Å². The third-order valence-corrected chi connectivity index (χ3v) is 5.30. The maximum absolute atomic E-state index is 13.4. The zero-order chi connectivity index (χ0) is 20.6. The molecule has 2 aromatic heterocycles. The van der Waals surface area contributed by atoms with Gasteiger partial charge in [-0.2, -0.15) is 0 Å². The number of benzene rings is 1. The number of H-pyrrole nitrogens is 2. The second kappa shape index (κ2) is 7.55. The third kappa shape index (κ3) is 4.45. The zero-order valence-corrected chi connectivity index (χ0v) is 16.8. The average Bonchev–Trinajstić information content (AvgIpc) is 3.27. The molecular formula is C22H27FN4O2. The Morgan fingerprint density at radius 1 is 1.31 bits per heavy atom. The van der Waals surface area contributed by atoms with Crippen LogP contribution in [0.5, 0.6) is 5.75 Å². The number of pyridine rings is 1. The summed E-state index contributed by atoms with van der Waals surface area (Å²) in [7, 11) is 0. The molecule has 0 amide bonds. The van der Waals surface area contributed by atoms with Gasteiger partial charge in [-0.1, -0.05) is 13.8 Å². The number of aromatic nitrogens is 2. The lowest BCUT2D eigenvalue weighted by atomic mass is 9.94. The summed E-state index contributed by atoms with van der Waals surface area (Å²) in [5.74, 6) is 0.766. The first-order valence-corrected chi connectivity index (χ1v) is 9.90. The number of hydrogen-bond acceptors (Lipinski definition) is 4. The topological polar surface area (TPSA) is 87.1 Å². The molecule has 1 saturated heterocycles. The predicted molar refractivity (Wildman–Crippen MR) is 114 cm³/mol. The number of alkyl halides is 1. The largest absolute Gasteiger partial charge is 0.493 e. The third-order valence-electron chi connectivity index (χ3n) is 5.30. The molecule has 7 heteroatoms. The Morgan fingerprint density at radius 2 is 2.14 bits per heavy atom. The Morgan fingerprint density at radius 3 is 2.90 bits per heavy atom. The standard InChI is InChI=1S/C22H27FN4O2/c1-22(2,12-27-6-5-15(23)11-27)13-29-17-3-4-19-14(7-17)8-20(26-19)18-9-16(24)10-25-21(18)28/h3-4,7-10,15,26H,5-6,11-13,24H2,1-2H3,(H,25,28)/t15-/m1/s1. The Bertz CT molecular complexity index is 1070. The fourth-order valence-corrected chi connectivity index (χ4v) is 3.90. The second-order valence-electron chi connectivity index (χ2n) is 8.68. The molecule has 0 bridgehead atoms. The van der Waals surface area contributed by atoms with Gasteiger partial charge in [0.1, 0.15) is 11.9 Å².